The lowest BCUT2D eigenvalue weighted by molar-refractivity contribution is 0.658. The van der Waals surface area contributed by atoms with E-state index >= 15 is 0 Å². The lowest BCUT2D eigenvalue weighted by Gasteiger charge is -2.26. The van der Waals surface area contributed by atoms with Crippen LogP contribution >= 0.6 is 0 Å². The molecular weight excluding hydrogens is 853 g/mol. The molecule has 11 aromatic carbocycles. The summed E-state index contributed by atoms with van der Waals surface area (Å²) in [5.74, 6) is 0. The maximum absolute atomic E-state index is 7.25. The monoisotopic (exact) mass is 900 g/mol. The zero-order valence-corrected chi connectivity index (χ0v) is 39.5. The maximum Gasteiger partial charge on any atom is 0.147 e. The van der Waals surface area contributed by atoms with E-state index < -0.39 is 0 Å². The lowest BCUT2D eigenvalue weighted by atomic mass is 9.89. The van der Waals surface area contributed by atoms with Crippen LogP contribution in [0.1, 0.15) is 22.3 Å². The number of nitrogens with zero attached hydrogens (tertiary/aromatic N) is 2. The van der Waals surface area contributed by atoms with E-state index in [1.54, 1.807) is 0 Å². The van der Waals surface area contributed by atoms with Crippen molar-refractivity contribution in [3.63, 3.8) is 0 Å². The van der Waals surface area contributed by atoms with Gasteiger partial charge < -0.3 is 18.6 Å². The second-order valence-corrected chi connectivity index (χ2v) is 18.9. The van der Waals surface area contributed by atoms with E-state index in [0.29, 0.717) is 0 Å². The first-order valence-corrected chi connectivity index (χ1v) is 24.1. The van der Waals surface area contributed by atoms with E-state index in [0.717, 1.165) is 122 Å². The molecule has 2 heterocycles. The van der Waals surface area contributed by atoms with Crippen molar-refractivity contribution in [2.75, 3.05) is 9.80 Å². The number of aryl methyl sites for hydroxylation is 4. The number of benzene rings is 11. The van der Waals surface area contributed by atoms with Crippen LogP contribution in [0, 0.1) is 27.7 Å². The van der Waals surface area contributed by atoms with Crippen LogP contribution in [0.5, 0.6) is 0 Å². The molecule has 0 aliphatic heterocycles. The third kappa shape index (κ3) is 6.99. The van der Waals surface area contributed by atoms with Gasteiger partial charge in [0.05, 0.1) is 5.56 Å². The SMILES string of the molecule is Cc1ccc(N(c2ccc(C)cc2)c2ccc3cc4c(cc3c2)oc2c(-c3ccccc3)c3oc5cc6cc(N(c7ccc(C)cc7)c7ccc(C)cc7)ccc6cc5c3c(-c3ccccc3)c24)cc1. The van der Waals surface area contributed by atoms with Gasteiger partial charge in [0.15, 0.2) is 0 Å². The van der Waals surface area contributed by atoms with Crippen LogP contribution in [0.3, 0.4) is 0 Å². The predicted molar refractivity (Wildman–Crippen MR) is 295 cm³/mol. The topological polar surface area (TPSA) is 32.8 Å². The van der Waals surface area contributed by atoms with Gasteiger partial charge in [0, 0.05) is 61.2 Å². The van der Waals surface area contributed by atoms with Gasteiger partial charge in [-0.3, -0.25) is 0 Å². The molecule has 0 saturated heterocycles. The first-order valence-electron chi connectivity index (χ1n) is 24.1. The Kier molecular flexibility index (Phi) is 9.70. The van der Waals surface area contributed by atoms with Gasteiger partial charge in [-0.05, 0) is 157 Å². The van der Waals surface area contributed by atoms with Crippen molar-refractivity contribution < 1.29 is 8.83 Å². The summed E-state index contributed by atoms with van der Waals surface area (Å²) < 4.78 is 14.5. The van der Waals surface area contributed by atoms with Crippen molar-refractivity contribution in [2.24, 2.45) is 0 Å². The first kappa shape index (κ1) is 41.3. The standard InChI is InChI=1S/C66H48N2O2/c1-41-15-25-51(26-16-41)67(52-27-17-42(2)18-28-52)55-33-23-47-37-57-59(39-49(47)35-55)69-65-62(46-13-9-6-10-14-46)66-64(61(63(57)65)45-11-7-5-8-12-45)58-38-48-24-34-56(36-50(48)40-60(58)70-66)68(53-29-19-43(3)20-30-53)54-31-21-44(4)22-32-54/h5-40H,1-4H3. The minimum absolute atomic E-state index is 0.807. The van der Waals surface area contributed by atoms with Gasteiger partial charge in [0.25, 0.3) is 0 Å². The van der Waals surface area contributed by atoms with Crippen molar-refractivity contribution in [1.82, 2.24) is 0 Å². The molecule has 4 nitrogen and oxygen atoms in total. The van der Waals surface area contributed by atoms with Gasteiger partial charge >= 0.3 is 0 Å². The van der Waals surface area contributed by atoms with Crippen molar-refractivity contribution in [1.29, 1.82) is 0 Å². The summed E-state index contributed by atoms with van der Waals surface area (Å²) in [7, 11) is 0. The minimum Gasteiger partial charge on any atom is -0.455 e. The summed E-state index contributed by atoms with van der Waals surface area (Å²) >= 11 is 0. The summed E-state index contributed by atoms with van der Waals surface area (Å²) in [6.07, 6.45) is 0. The second kappa shape index (κ2) is 16.4. The van der Waals surface area contributed by atoms with E-state index in [1.165, 1.54) is 22.3 Å². The van der Waals surface area contributed by atoms with Crippen LogP contribution in [-0.2, 0) is 0 Å². The van der Waals surface area contributed by atoms with Crippen LogP contribution in [-0.4, -0.2) is 0 Å². The van der Waals surface area contributed by atoms with Gasteiger partial charge in [-0.25, -0.2) is 0 Å². The zero-order valence-electron chi connectivity index (χ0n) is 39.5. The summed E-state index contributed by atoms with van der Waals surface area (Å²) in [6.45, 7) is 8.52. The average molecular weight is 901 g/mol. The Morgan fingerprint density at radius 3 is 0.971 bits per heavy atom. The van der Waals surface area contributed by atoms with Crippen molar-refractivity contribution in [3.8, 4) is 22.3 Å². The zero-order chi connectivity index (χ0) is 47.0. The molecule has 13 rings (SSSR count). The highest BCUT2D eigenvalue weighted by molar-refractivity contribution is 6.31. The number of hydrogen-bond donors (Lipinski definition) is 0. The Bertz CT molecular complexity index is 3790. The summed E-state index contributed by atoms with van der Waals surface area (Å²) in [5.41, 5.74) is 18.9. The number of fused-ring (bicyclic) bond motifs is 8. The molecule has 70 heavy (non-hydrogen) atoms. The molecule has 0 amide bonds. The van der Waals surface area contributed by atoms with Crippen molar-refractivity contribution in [2.45, 2.75) is 27.7 Å². The van der Waals surface area contributed by atoms with Crippen LogP contribution < -0.4 is 9.80 Å². The smallest absolute Gasteiger partial charge is 0.147 e. The molecule has 0 saturated carbocycles. The molecule has 0 radical (unpaired) electrons. The van der Waals surface area contributed by atoms with E-state index in [4.69, 9.17) is 8.83 Å². The van der Waals surface area contributed by atoms with Crippen LogP contribution in [0.15, 0.2) is 227 Å². The van der Waals surface area contributed by atoms with Gasteiger partial charge in [0.1, 0.15) is 22.3 Å². The maximum atomic E-state index is 7.25. The predicted octanol–water partition coefficient (Wildman–Crippen LogP) is 19.3. The third-order valence-electron chi connectivity index (χ3n) is 14.0. The fourth-order valence-corrected chi connectivity index (χ4v) is 10.4. The molecule has 0 fully saturated rings. The number of hydrogen-bond acceptors (Lipinski definition) is 4. The average Bonchev–Trinajstić information content (AvgIpc) is 3.94. The van der Waals surface area contributed by atoms with E-state index in [9.17, 15) is 0 Å². The molecule has 0 aliphatic rings. The number of rotatable bonds is 8. The van der Waals surface area contributed by atoms with E-state index in [1.807, 2.05) is 0 Å². The minimum atomic E-state index is 0.807. The largest absolute Gasteiger partial charge is 0.455 e. The van der Waals surface area contributed by atoms with Gasteiger partial charge in [-0.1, -0.05) is 144 Å². The molecular formula is C66H48N2O2. The molecule has 0 atom stereocenters. The molecule has 0 bridgehead atoms. The second-order valence-electron chi connectivity index (χ2n) is 18.9. The van der Waals surface area contributed by atoms with Crippen LogP contribution in [0.25, 0.3) is 87.7 Å². The lowest BCUT2D eigenvalue weighted by Crippen LogP contribution is -2.09. The van der Waals surface area contributed by atoms with Crippen molar-refractivity contribution >= 4 is 99.5 Å². The Hall–Kier alpha value is -8.86. The van der Waals surface area contributed by atoms with Crippen molar-refractivity contribution in [3.05, 3.63) is 241 Å². The number of anilines is 6. The summed E-state index contributed by atoms with van der Waals surface area (Å²) in [6, 6.07) is 79.0. The highest BCUT2D eigenvalue weighted by atomic mass is 16.3. The Morgan fingerprint density at radius 1 is 0.286 bits per heavy atom. The molecule has 0 aliphatic carbocycles. The molecule has 4 heteroatoms. The quantitative estimate of drug-likeness (QED) is 0.152. The third-order valence-corrected chi connectivity index (χ3v) is 14.0. The van der Waals surface area contributed by atoms with E-state index in [-0.39, 0.29) is 0 Å². The Balaban J connectivity index is 1.05. The first-order chi connectivity index (χ1) is 34.3. The van der Waals surface area contributed by atoms with Crippen LogP contribution in [0.4, 0.5) is 34.1 Å². The molecule has 0 spiro atoms. The van der Waals surface area contributed by atoms with Gasteiger partial charge in [-0.15, -0.1) is 0 Å². The molecule has 0 unspecified atom stereocenters. The van der Waals surface area contributed by atoms with Gasteiger partial charge in [0.2, 0.25) is 0 Å². The summed E-state index contributed by atoms with van der Waals surface area (Å²) in [5, 5.41) is 8.74. The molecule has 334 valence electrons. The normalized spacial score (nSPS) is 11.7. The molecule has 2 aromatic heterocycles. The van der Waals surface area contributed by atoms with Crippen LogP contribution in [0.2, 0.25) is 0 Å². The van der Waals surface area contributed by atoms with E-state index in [2.05, 4.69) is 256 Å². The molecule has 13 aromatic rings. The Labute approximate surface area is 406 Å². The summed E-state index contributed by atoms with van der Waals surface area (Å²) in [4.78, 5) is 4.66. The fourth-order valence-electron chi connectivity index (χ4n) is 10.4. The highest BCUT2D eigenvalue weighted by Gasteiger charge is 2.27. The highest BCUT2D eigenvalue weighted by Crippen LogP contribution is 2.52. The van der Waals surface area contributed by atoms with Gasteiger partial charge in [-0.2, -0.15) is 0 Å². The Morgan fingerprint density at radius 2 is 0.614 bits per heavy atom. The number of furan rings is 2. The molecule has 0 N–H and O–H groups in total. The fraction of sp³-hybridized carbons (Fsp3) is 0.0606.